The first-order chi connectivity index (χ1) is 13.1. The van der Waals surface area contributed by atoms with Gasteiger partial charge in [-0.2, -0.15) is 0 Å². The summed E-state index contributed by atoms with van der Waals surface area (Å²) < 4.78 is 17.2. The van der Waals surface area contributed by atoms with E-state index in [1.54, 1.807) is 6.07 Å². The van der Waals surface area contributed by atoms with Gasteiger partial charge in [-0.05, 0) is 25.1 Å². The fraction of sp³-hybridized carbons (Fsp3) is 0.450. The Kier molecular flexibility index (Phi) is 4.90. The summed E-state index contributed by atoms with van der Waals surface area (Å²) in [4.78, 5) is 15.0. The van der Waals surface area contributed by atoms with Gasteiger partial charge in [-0.15, -0.1) is 0 Å². The fourth-order valence-electron chi connectivity index (χ4n) is 3.90. The van der Waals surface area contributed by atoms with Crippen molar-refractivity contribution in [2.45, 2.75) is 24.6 Å². The molecule has 2 N–H and O–H groups in total. The molecule has 1 aromatic carbocycles. The summed E-state index contributed by atoms with van der Waals surface area (Å²) in [5.74, 6) is 1.31. The van der Waals surface area contributed by atoms with Gasteiger partial charge in [0, 0.05) is 19.6 Å². The molecule has 0 bridgehead atoms. The van der Waals surface area contributed by atoms with Gasteiger partial charge in [0.05, 0.1) is 30.5 Å². The van der Waals surface area contributed by atoms with E-state index in [0.717, 1.165) is 6.54 Å². The normalized spacial score (nSPS) is 26.5. The molecule has 2 aromatic rings. The minimum atomic E-state index is -0.782. The molecule has 3 atom stereocenters. The Bertz CT molecular complexity index is 793. The molecular formula is C20H24N2O5. The lowest BCUT2D eigenvalue weighted by Gasteiger charge is -2.48. The van der Waals surface area contributed by atoms with Gasteiger partial charge in [-0.1, -0.05) is 12.1 Å². The number of carbonyl (C=O) groups excluding carboxylic acids is 1. The van der Waals surface area contributed by atoms with Gasteiger partial charge in [-0.3, -0.25) is 9.69 Å². The molecule has 1 aromatic heterocycles. The van der Waals surface area contributed by atoms with E-state index in [0.29, 0.717) is 36.8 Å². The Morgan fingerprint density at radius 1 is 1.37 bits per heavy atom. The summed E-state index contributed by atoms with van der Waals surface area (Å²) in [6.45, 7) is 3.95. The predicted octanol–water partition coefficient (Wildman–Crippen LogP) is 1.33. The molecule has 1 fully saturated rings. The number of benzene rings is 1. The zero-order chi connectivity index (χ0) is 18.9. The molecule has 7 nitrogen and oxygen atoms in total. The number of ketones is 1. The summed E-state index contributed by atoms with van der Waals surface area (Å²) in [6, 6.07) is 8.36. The van der Waals surface area contributed by atoms with Crippen molar-refractivity contribution in [2.75, 3.05) is 32.8 Å². The highest BCUT2D eigenvalue weighted by atomic mass is 16.6. The summed E-state index contributed by atoms with van der Waals surface area (Å²) >= 11 is 0. The number of piperazine rings is 1. The lowest BCUT2D eigenvalue weighted by atomic mass is 9.91. The van der Waals surface area contributed by atoms with Crippen molar-refractivity contribution < 1.29 is 23.8 Å². The summed E-state index contributed by atoms with van der Waals surface area (Å²) in [7, 11) is 0. The van der Waals surface area contributed by atoms with Crippen LogP contribution in [0.1, 0.15) is 17.3 Å². The zero-order valence-corrected chi connectivity index (χ0v) is 15.3. The second kappa shape index (κ2) is 7.34. The van der Waals surface area contributed by atoms with Crippen LogP contribution in [0, 0.1) is 0 Å². The smallest absolute Gasteiger partial charge is 0.184 e. The van der Waals surface area contributed by atoms with Crippen LogP contribution in [0.15, 0.2) is 47.3 Å². The zero-order valence-electron chi connectivity index (χ0n) is 15.3. The molecule has 0 radical (unpaired) electrons. The van der Waals surface area contributed by atoms with Crippen molar-refractivity contribution in [3.63, 3.8) is 0 Å². The molecule has 4 rings (SSSR count). The van der Waals surface area contributed by atoms with E-state index in [1.165, 1.54) is 12.5 Å². The van der Waals surface area contributed by atoms with Crippen LogP contribution >= 0.6 is 0 Å². The lowest BCUT2D eigenvalue weighted by molar-refractivity contribution is -0.0879. The first-order valence-corrected chi connectivity index (χ1v) is 9.17. The van der Waals surface area contributed by atoms with Crippen LogP contribution in [0.4, 0.5) is 0 Å². The van der Waals surface area contributed by atoms with Crippen molar-refractivity contribution >= 4 is 5.78 Å². The van der Waals surface area contributed by atoms with E-state index in [2.05, 4.69) is 5.32 Å². The van der Waals surface area contributed by atoms with Crippen molar-refractivity contribution in [1.82, 2.24) is 10.2 Å². The van der Waals surface area contributed by atoms with Gasteiger partial charge in [0.25, 0.3) is 0 Å². The molecule has 1 saturated heterocycles. The number of hydrogen-bond donors (Lipinski definition) is 2. The molecule has 7 heteroatoms. The molecule has 0 spiro atoms. The number of fused-ring (bicyclic) bond motifs is 1. The van der Waals surface area contributed by atoms with E-state index < -0.39 is 17.7 Å². The van der Waals surface area contributed by atoms with Crippen LogP contribution < -0.4 is 14.8 Å². The van der Waals surface area contributed by atoms with Crippen LogP contribution in [0.3, 0.4) is 0 Å². The molecular weight excluding hydrogens is 348 g/mol. The molecule has 3 heterocycles. The van der Waals surface area contributed by atoms with Gasteiger partial charge < -0.3 is 24.3 Å². The number of para-hydroxylation sites is 2. The van der Waals surface area contributed by atoms with Gasteiger partial charge in [0.15, 0.2) is 22.9 Å². The maximum absolute atomic E-state index is 13.0. The molecule has 2 aliphatic heterocycles. The van der Waals surface area contributed by atoms with E-state index in [4.69, 9.17) is 13.9 Å². The average Bonchev–Trinajstić information content (AvgIpc) is 3.23. The number of rotatable bonds is 5. The van der Waals surface area contributed by atoms with Gasteiger partial charge in [0.2, 0.25) is 0 Å². The van der Waals surface area contributed by atoms with Crippen LogP contribution in [-0.4, -0.2) is 66.3 Å². The van der Waals surface area contributed by atoms with E-state index in [9.17, 15) is 9.90 Å². The molecule has 144 valence electrons. The first-order valence-electron chi connectivity index (χ1n) is 9.17. The minimum absolute atomic E-state index is 0.0323. The summed E-state index contributed by atoms with van der Waals surface area (Å²) in [5.41, 5.74) is -0.253. The highest BCUT2D eigenvalue weighted by molar-refractivity contribution is 6.00. The van der Waals surface area contributed by atoms with Crippen molar-refractivity contribution in [3.05, 3.63) is 48.4 Å². The van der Waals surface area contributed by atoms with Crippen molar-refractivity contribution in [1.29, 1.82) is 0 Å². The summed E-state index contributed by atoms with van der Waals surface area (Å²) in [6.07, 6.45) is 2.95. The first kappa shape index (κ1) is 18.0. The Hall–Kier alpha value is -2.35. The number of Topliss-reactive ketones (excluding diaryl/α,β-unsaturated/α-hetero) is 1. The van der Waals surface area contributed by atoms with Crippen LogP contribution in [0.5, 0.6) is 11.5 Å². The number of nitrogens with zero attached hydrogens (tertiary/aromatic N) is 1. The second-order valence-electron chi connectivity index (χ2n) is 7.18. The molecule has 0 amide bonds. The number of nitrogens with one attached hydrogen (secondary N) is 1. The number of aliphatic hydroxyl groups is 1. The molecule has 2 aliphatic rings. The van der Waals surface area contributed by atoms with Crippen LogP contribution in [0.2, 0.25) is 0 Å². The standard InChI is InChI=1S/C20H24N2O5/c1-20(13-26-16-4-2-3-5-17(16)27-20)18(11-23)22-8-7-21-10-15(22)19(24)14-6-9-25-12-14/h2-6,9,12,15,18,21,23H,7-8,10-11,13H2,1H3. The fourth-order valence-corrected chi connectivity index (χ4v) is 3.90. The Labute approximate surface area is 157 Å². The number of ether oxygens (including phenoxy) is 2. The quantitative estimate of drug-likeness (QED) is 0.766. The van der Waals surface area contributed by atoms with Crippen molar-refractivity contribution in [2.24, 2.45) is 0 Å². The monoisotopic (exact) mass is 372 g/mol. The Morgan fingerprint density at radius 3 is 2.93 bits per heavy atom. The molecule has 0 saturated carbocycles. The highest BCUT2D eigenvalue weighted by Crippen LogP contribution is 2.37. The molecule has 0 aliphatic carbocycles. The van der Waals surface area contributed by atoms with Gasteiger partial charge in [-0.25, -0.2) is 0 Å². The number of hydrogen-bond acceptors (Lipinski definition) is 7. The topological polar surface area (TPSA) is 84.2 Å². The maximum atomic E-state index is 13.0. The maximum Gasteiger partial charge on any atom is 0.184 e. The predicted molar refractivity (Wildman–Crippen MR) is 98.2 cm³/mol. The molecule has 27 heavy (non-hydrogen) atoms. The third-order valence-corrected chi connectivity index (χ3v) is 5.38. The molecule has 3 unspecified atom stereocenters. The summed E-state index contributed by atoms with van der Waals surface area (Å²) in [5, 5.41) is 13.5. The number of carbonyl (C=O) groups is 1. The SMILES string of the molecule is CC1(C(CO)N2CCNCC2C(=O)c2ccoc2)COc2ccccc2O1. The third-order valence-electron chi connectivity index (χ3n) is 5.38. The van der Waals surface area contributed by atoms with E-state index >= 15 is 0 Å². The van der Waals surface area contributed by atoms with Crippen LogP contribution in [0.25, 0.3) is 0 Å². The van der Waals surface area contributed by atoms with Crippen LogP contribution in [-0.2, 0) is 0 Å². The van der Waals surface area contributed by atoms with Gasteiger partial charge >= 0.3 is 0 Å². The second-order valence-corrected chi connectivity index (χ2v) is 7.18. The minimum Gasteiger partial charge on any atom is -0.485 e. The largest absolute Gasteiger partial charge is 0.485 e. The highest BCUT2D eigenvalue weighted by Gasteiger charge is 2.47. The third kappa shape index (κ3) is 3.34. The van der Waals surface area contributed by atoms with E-state index in [-0.39, 0.29) is 12.4 Å². The number of furan rings is 1. The Morgan fingerprint density at radius 2 is 2.19 bits per heavy atom. The van der Waals surface area contributed by atoms with E-state index in [1.807, 2.05) is 36.1 Å². The Balaban J connectivity index is 1.61. The van der Waals surface area contributed by atoms with Gasteiger partial charge in [0.1, 0.15) is 12.9 Å². The lowest BCUT2D eigenvalue weighted by Crippen LogP contribution is -2.67. The van der Waals surface area contributed by atoms with Crippen molar-refractivity contribution in [3.8, 4) is 11.5 Å². The number of aliphatic hydroxyl groups excluding tert-OH is 1. The average molecular weight is 372 g/mol.